The van der Waals surface area contributed by atoms with Gasteiger partial charge in [-0.15, -0.1) is 0 Å². The van der Waals surface area contributed by atoms with Crippen LogP contribution in [0.15, 0.2) is 18.2 Å². The van der Waals surface area contributed by atoms with E-state index in [2.05, 4.69) is 16.0 Å². The minimum atomic E-state index is -0.780. The normalized spacial score (nSPS) is 17.2. The van der Waals surface area contributed by atoms with Crippen LogP contribution in [0.5, 0.6) is 0 Å². The van der Waals surface area contributed by atoms with Gasteiger partial charge in [0.2, 0.25) is 11.8 Å². The lowest BCUT2D eigenvalue weighted by Crippen LogP contribution is -2.60. The molecule has 1 aromatic rings. The Labute approximate surface area is 141 Å². The minimum Gasteiger partial charge on any atom is -0.359 e. The first-order chi connectivity index (χ1) is 11.4. The van der Waals surface area contributed by atoms with Crippen LogP contribution in [0, 0.1) is 13.8 Å². The van der Waals surface area contributed by atoms with Gasteiger partial charge in [-0.3, -0.25) is 9.59 Å². The molecule has 24 heavy (non-hydrogen) atoms. The predicted octanol–water partition coefficient (Wildman–Crippen LogP) is 0.450. The topological polar surface area (TPSA) is 90.5 Å². The average Bonchev–Trinajstić information content (AvgIpc) is 2.57. The van der Waals surface area contributed by atoms with Crippen molar-refractivity contribution in [1.82, 2.24) is 20.9 Å². The first-order valence-corrected chi connectivity index (χ1v) is 8.02. The lowest BCUT2D eigenvalue weighted by Gasteiger charge is -2.34. The zero-order valence-electron chi connectivity index (χ0n) is 14.3. The fraction of sp³-hybridized carbons (Fsp3) is 0.471. The van der Waals surface area contributed by atoms with E-state index >= 15 is 0 Å². The molecule has 1 aliphatic heterocycles. The molecule has 0 unspecified atom stereocenters. The summed E-state index contributed by atoms with van der Waals surface area (Å²) >= 11 is 0. The van der Waals surface area contributed by atoms with Crippen molar-refractivity contribution >= 4 is 17.8 Å². The van der Waals surface area contributed by atoms with Gasteiger partial charge >= 0.3 is 6.03 Å². The first-order valence-electron chi connectivity index (χ1n) is 8.02. The van der Waals surface area contributed by atoms with Crippen LogP contribution < -0.4 is 16.0 Å². The molecule has 0 aromatic heterocycles. The van der Waals surface area contributed by atoms with Crippen molar-refractivity contribution in [3.05, 3.63) is 34.9 Å². The number of carbonyl (C=O) groups excluding carboxylic acids is 3. The summed E-state index contributed by atoms with van der Waals surface area (Å²) in [5.74, 6) is -0.573. The Morgan fingerprint density at radius 3 is 2.79 bits per heavy atom. The third-order valence-corrected chi connectivity index (χ3v) is 4.40. The Hall–Kier alpha value is -2.57. The van der Waals surface area contributed by atoms with Crippen molar-refractivity contribution in [2.75, 3.05) is 20.1 Å². The maximum absolute atomic E-state index is 12.5. The van der Waals surface area contributed by atoms with Crippen molar-refractivity contribution in [3.63, 3.8) is 0 Å². The highest BCUT2D eigenvalue weighted by molar-refractivity contribution is 5.92. The highest BCUT2D eigenvalue weighted by Crippen LogP contribution is 2.13. The molecular formula is C17H24N4O3. The van der Waals surface area contributed by atoms with Crippen molar-refractivity contribution < 1.29 is 14.4 Å². The maximum Gasteiger partial charge on any atom is 0.318 e. The molecule has 7 heteroatoms. The van der Waals surface area contributed by atoms with Crippen LogP contribution in [-0.4, -0.2) is 48.9 Å². The Morgan fingerprint density at radius 2 is 2.08 bits per heavy atom. The number of aryl methyl sites for hydroxylation is 1. The molecule has 1 fully saturated rings. The second-order valence-electron chi connectivity index (χ2n) is 5.90. The van der Waals surface area contributed by atoms with Crippen LogP contribution in [-0.2, 0) is 16.1 Å². The van der Waals surface area contributed by atoms with Crippen LogP contribution in [0.4, 0.5) is 4.79 Å². The van der Waals surface area contributed by atoms with Crippen molar-refractivity contribution in [2.45, 2.75) is 32.9 Å². The van der Waals surface area contributed by atoms with E-state index in [0.717, 1.165) is 16.7 Å². The summed E-state index contributed by atoms with van der Waals surface area (Å²) in [5.41, 5.74) is 3.33. The largest absolute Gasteiger partial charge is 0.359 e. The van der Waals surface area contributed by atoms with Crippen LogP contribution in [0.25, 0.3) is 0 Å². The summed E-state index contributed by atoms with van der Waals surface area (Å²) < 4.78 is 0. The second kappa shape index (κ2) is 7.81. The Bertz CT molecular complexity index is 645. The first kappa shape index (κ1) is 17.8. The van der Waals surface area contributed by atoms with Gasteiger partial charge < -0.3 is 20.9 Å². The molecule has 7 nitrogen and oxygen atoms in total. The monoisotopic (exact) mass is 332 g/mol. The number of hydrogen-bond donors (Lipinski definition) is 3. The fourth-order valence-electron chi connectivity index (χ4n) is 2.71. The summed E-state index contributed by atoms with van der Waals surface area (Å²) in [5, 5.41) is 8.04. The van der Waals surface area contributed by atoms with E-state index in [4.69, 9.17) is 0 Å². The average molecular weight is 332 g/mol. The molecule has 1 saturated heterocycles. The number of carbonyl (C=O) groups is 3. The van der Waals surface area contributed by atoms with Gasteiger partial charge in [-0.2, -0.15) is 0 Å². The molecule has 1 aromatic carbocycles. The minimum absolute atomic E-state index is 0.0424. The van der Waals surface area contributed by atoms with E-state index in [1.807, 2.05) is 32.0 Å². The van der Waals surface area contributed by atoms with Crippen molar-refractivity contribution in [3.8, 4) is 0 Å². The fourth-order valence-corrected chi connectivity index (χ4v) is 2.71. The molecule has 1 aliphatic rings. The van der Waals surface area contributed by atoms with Gasteiger partial charge in [-0.25, -0.2) is 4.79 Å². The molecular weight excluding hydrogens is 308 g/mol. The quantitative estimate of drug-likeness (QED) is 0.748. The number of benzene rings is 1. The van der Waals surface area contributed by atoms with Crippen LogP contribution in [0.3, 0.4) is 0 Å². The molecule has 1 atom stereocenters. The number of nitrogens with one attached hydrogen (secondary N) is 3. The van der Waals surface area contributed by atoms with E-state index in [9.17, 15) is 14.4 Å². The number of hydrogen-bond acceptors (Lipinski definition) is 3. The molecule has 0 spiro atoms. The number of nitrogens with zero attached hydrogens (tertiary/aromatic N) is 1. The number of piperazine rings is 1. The standard InChI is InChI=1S/C17H24N4O3/c1-11-5-4-6-13(12(11)2)10-20-17(24)21-8-7-19-16(23)14(21)9-15(22)18-3/h4-6,14H,7-10H2,1-3H3,(H,18,22)(H,19,23)(H,20,24)/t14-/m0/s1. The molecule has 4 amide bonds. The molecule has 2 rings (SSSR count). The van der Waals surface area contributed by atoms with Gasteiger partial charge in [0.25, 0.3) is 0 Å². The zero-order chi connectivity index (χ0) is 17.7. The summed E-state index contributed by atoms with van der Waals surface area (Å²) in [4.78, 5) is 37.6. The van der Waals surface area contributed by atoms with E-state index in [1.54, 1.807) is 0 Å². The second-order valence-corrected chi connectivity index (χ2v) is 5.90. The molecule has 1 heterocycles. The third kappa shape index (κ3) is 4.04. The zero-order valence-corrected chi connectivity index (χ0v) is 14.3. The smallest absolute Gasteiger partial charge is 0.318 e. The van der Waals surface area contributed by atoms with E-state index < -0.39 is 6.04 Å². The number of urea groups is 1. The van der Waals surface area contributed by atoms with Crippen molar-refractivity contribution in [2.24, 2.45) is 0 Å². The van der Waals surface area contributed by atoms with Crippen LogP contribution >= 0.6 is 0 Å². The Balaban J connectivity index is 2.04. The van der Waals surface area contributed by atoms with E-state index in [1.165, 1.54) is 11.9 Å². The molecule has 130 valence electrons. The highest BCUT2D eigenvalue weighted by Gasteiger charge is 2.34. The number of rotatable bonds is 4. The number of amides is 4. The van der Waals surface area contributed by atoms with Crippen LogP contribution in [0.1, 0.15) is 23.1 Å². The molecule has 0 radical (unpaired) electrons. The summed E-state index contributed by atoms with van der Waals surface area (Å²) in [6.45, 7) is 5.19. The highest BCUT2D eigenvalue weighted by atomic mass is 16.2. The van der Waals surface area contributed by atoms with Crippen LogP contribution in [0.2, 0.25) is 0 Å². The molecule has 0 saturated carbocycles. The maximum atomic E-state index is 12.5. The van der Waals surface area contributed by atoms with Gasteiger partial charge in [-0.05, 0) is 30.5 Å². The summed E-state index contributed by atoms with van der Waals surface area (Å²) in [6, 6.07) is 4.83. The predicted molar refractivity (Wildman–Crippen MR) is 90.3 cm³/mol. The van der Waals surface area contributed by atoms with Gasteiger partial charge in [-0.1, -0.05) is 18.2 Å². The lowest BCUT2D eigenvalue weighted by molar-refractivity contribution is -0.132. The van der Waals surface area contributed by atoms with E-state index in [-0.39, 0.29) is 24.3 Å². The van der Waals surface area contributed by atoms with Gasteiger partial charge in [0.05, 0.1) is 6.42 Å². The van der Waals surface area contributed by atoms with Gasteiger partial charge in [0, 0.05) is 26.7 Å². The molecule has 0 aliphatic carbocycles. The lowest BCUT2D eigenvalue weighted by atomic mass is 10.0. The SMILES string of the molecule is CNC(=O)C[C@H]1C(=O)NCCN1C(=O)NCc1cccc(C)c1C. The van der Waals surface area contributed by atoms with Gasteiger partial charge in [0.1, 0.15) is 6.04 Å². The van der Waals surface area contributed by atoms with Crippen molar-refractivity contribution in [1.29, 1.82) is 0 Å². The molecule has 0 bridgehead atoms. The summed E-state index contributed by atoms with van der Waals surface area (Å²) in [6.07, 6.45) is -0.0424. The third-order valence-electron chi connectivity index (χ3n) is 4.40. The molecule has 3 N–H and O–H groups in total. The van der Waals surface area contributed by atoms with E-state index in [0.29, 0.717) is 19.6 Å². The Kier molecular flexibility index (Phi) is 5.78. The Morgan fingerprint density at radius 1 is 1.33 bits per heavy atom. The summed E-state index contributed by atoms with van der Waals surface area (Å²) in [7, 11) is 1.51. The van der Waals surface area contributed by atoms with Gasteiger partial charge in [0.15, 0.2) is 0 Å².